The zero-order chi connectivity index (χ0) is 22.9. The van der Waals surface area contributed by atoms with Crippen molar-refractivity contribution in [3.8, 4) is 28.4 Å². The van der Waals surface area contributed by atoms with Crippen LogP contribution in [0.5, 0.6) is 11.5 Å². The van der Waals surface area contributed by atoms with Crippen LogP contribution in [0.1, 0.15) is 23.7 Å². The van der Waals surface area contributed by atoms with E-state index in [1.165, 1.54) is 0 Å². The quantitative estimate of drug-likeness (QED) is 0.614. The molecule has 1 aliphatic rings. The summed E-state index contributed by atoms with van der Waals surface area (Å²) in [5.74, 6) is 0.703. The maximum atomic E-state index is 13.4. The summed E-state index contributed by atoms with van der Waals surface area (Å²) in [6.07, 6.45) is 2.01. The fourth-order valence-electron chi connectivity index (χ4n) is 3.90. The molecular weight excluding hydrogens is 430 g/mol. The number of carbonyl (C=O) groups excluding carboxylic acids is 1. The van der Waals surface area contributed by atoms with Crippen LogP contribution in [0.25, 0.3) is 16.9 Å². The molecule has 1 amide bonds. The van der Waals surface area contributed by atoms with Crippen molar-refractivity contribution >= 4 is 15.7 Å². The van der Waals surface area contributed by atoms with Crippen molar-refractivity contribution in [2.75, 3.05) is 25.7 Å². The highest BCUT2D eigenvalue weighted by molar-refractivity contribution is 7.91. The summed E-state index contributed by atoms with van der Waals surface area (Å²) in [6, 6.07) is 14.7. The van der Waals surface area contributed by atoms with Gasteiger partial charge in [0, 0.05) is 11.8 Å². The number of aromatic nitrogens is 2. The fraction of sp³-hybridized carbons (Fsp3) is 0.304. The lowest BCUT2D eigenvalue weighted by Gasteiger charge is -2.23. The van der Waals surface area contributed by atoms with Crippen LogP contribution in [0.15, 0.2) is 54.7 Å². The molecule has 3 aromatic rings. The molecule has 0 radical (unpaired) electrons. The second-order valence-electron chi connectivity index (χ2n) is 8.09. The van der Waals surface area contributed by atoms with E-state index in [2.05, 4.69) is 10.4 Å². The summed E-state index contributed by atoms with van der Waals surface area (Å²) < 4.78 is 36.5. The van der Waals surface area contributed by atoms with Crippen molar-refractivity contribution in [3.05, 3.63) is 60.3 Å². The van der Waals surface area contributed by atoms with Crippen LogP contribution in [0, 0.1) is 0 Å². The Kier molecular flexibility index (Phi) is 5.68. The Morgan fingerprint density at radius 2 is 1.88 bits per heavy atom. The number of ether oxygens (including phenoxy) is 2. The van der Waals surface area contributed by atoms with Gasteiger partial charge < -0.3 is 14.8 Å². The SMILES string of the molecule is COc1ccc(OC)c(-c2nn(-c3ccccc3)cc2C(=O)N[C@@]2(C)CCS(=O)(=O)C2)c1. The van der Waals surface area contributed by atoms with E-state index < -0.39 is 21.3 Å². The molecule has 0 unspecified atom stereocenters. The third-order valence-corrected chi connectivity index (χ3v) is 7.46. The van der Waals surface area contributed by atoms with Crippen molar-refractivity contribution in [3.63, 3.8) is 0 Å². The first-order valence-corrected chi connectivity index (χ1v) is 12.0. The number of benzene rings is 2. The second-order valence-corrected chi connectivity index (χ2v) is 10.3. The molecule has 0 bridgehead atoms. The first-order chi connectivity index (χ1) is 15.2. The number of nitrogens with zero attached hydrogens (tertiary/aromatic N) is 2. The predicted molar refractivity (Wildman–Crippen MR) is 121 cm³/mol. The molecule has 1 atom stereocenters. The highest BCUT2D eigenvalue weighted by Gasteiger charge is 2.40. The number of nitrogens with one attached hydrogen (secondary N) is 1. The van der Waals surface area contributed by atoms with E-state index in [4.69, 9.17) is 9.47 Å². The van der Waals surface area contributed by atoms with Gasteiger partial charge in [-0.1, -0.05) is 18.2 Å². The van der Waals surface area contributed by atoms with E-state index in [9.17, 15) is 13.2 Å². The highest BCUT2D eigenvalue weighted by atomic mass is 32.2. The molecule has 9 heteroatoms. The summed E-state index contributed by atoms with van der Waals surface area (Å²) in [4.78, 5) is 13.4. The molecule has 1 aromatic heterocycles. The smallest absolute Gasteiger partial charge is 0.255 e. The van der Waals surface area contributed by atoms with Gasteiger partial charge in [-0.15, -0.1) is 0 Å². The van der Waals surface area contributed by atoms with E-state index in [0.29, 0.717) is 34.7 Å². The van der Waals surface area contributed by atoms with Gasteiger partial charge in [0.2, 0.25) is 0 Å². The lowest BCUT2D eigenvalue weighted by atomic mass is 10.0. The summed E-state index contributed by atoms with van der Waals surface area (Å²) in [5.41, 5.74) is 1.26. The van der Waals surface area contributed by atoms with Gasteiger partial charge in [0.1, 0.15) is 17.2 Å². The Balaban J connectivity index is 1.81. The second kappa shape index (κ2) is 8.31. The molecule has 1 fully saturated rings. The van der Waals surface area contributed by atoms with Gasteiger partial charge in [-0.3, -0.25) is 4.79 Å². The van der Waals surface area contributed by atoms with Crippen molar-refractivity contribution in [2.24, 2.45) is 0 Å². The minimum Gasteiger partial charge on any atom is -0.497 e. The molecule has 2 heterocycles. The molecule has 1 saturated heterocycles. The van der Waals surface area contributed by atoms with Crippen LogP contribution in [0.2, 0.25) is 0 Å². The molecule has 0 spiro atoms. The van der Waals surface area contributed by atoms with Crippen LogP contribution in [-0.4, -0.2) is 55.4 Å². The lowest BCUT2D eigenvalue weighted by Crippen LogP contribution is -2.47. The van der Waals surface area contributed by atoms with Crippen LogP contribution < -0.4 is 14.8 Å². The Morgan fingerprint density at radius 1 is 1.12 bits per heavy atom. The largest absolute Gasteiger partial charge is 0.497 e. The van der Waals surface area contributed by atoms with Crippen LogP contribution in [0.3, 0.4) is 0 Å². The molecule has 0 saturated carbocycles. The number of hydrogen-bond acceptors (Lipinski definition) is 6. The van der Waals surface area contributed by atoms with Gasteiger partial charge in [0.25, 0.3) is 5.91 Å². The zero-order valence-electron chi connectivity index (χ0n) is 18.2. The number of amides is 1. The zero-order valence-corrected chi connectivity index (χ0v) is 19.0. The number of methoxy groups -OCH3 is 2. The Hall–Kier alpha value is -3.33. The van der Waals surface area contributed by atoms with E-state index in [0.717, 1.165) is 5.69 Å². The topological polar surface area (TPSA) is 99.5 Å². The number of rotatable bonds is 6. The minimum absolute atomic E-state index is 0.0591. The third-order valence-electron chi connectivity index (χ3n) is 5.56. The third kappa shape index (κ3) is 4.34. The minimum atomic E-state index is -3.17. The van der Waals surface area contributed by atoms with Crippen LogP contribution in [-0.2, 0) is 9.84 Å². The van der Waals surface area contributed by atoms with Gasteiger partial charge in [-0.2, -0.15) is 5.10 Å². The molecule has 2 aromatic carbocycles. The monoisotopic (exact) mass is 455 g/mol. The first kappa shape index (κ1) is 21.9. The summed E-state index contributed by atoms with van der Waals surface area (Å²) in [7, 11) is -0.0696. The van der Waals surface area contributed by atoms with Crippen molar-refractivity contribution in [2.45, 2.75) is 18.9 Å². The van der Waals surface area contributed by atoms with Crippen LogP contribution in [0.4, 0.5) is 0 Å². The Morgan fingerprint density at radius 3 is 2.50 bits per heavy atom. The average molecular weight is 456 g/mol. The number of hydrogen-bond donors (Lipinski definition) is 1. The van der Waals surface area contributed by atoms with E-state index in [-0.39, 0.29) is 11.5 Å². The van der Waals surface area contributed by atoms with Gasteiger partial charge in [-0.05, 0) is 43.7 Å². The number of para-hydroxylation sites is 1. The molecule has 1 N–H and O–H groups in total. The Labute approximate surface area is 187 Å². The molecule has 4 rings (SSSR count). The maximum absolute atomic E-state index is 13.4. The molecule has 1 aliphatic heterocycles. The van der Waals surface area contributed by atoms with Crippen molar-refractivity contribution in [1.29, 1.82) is 0 Å². The Bertz CT molecular complexity index is 1250. The summed E-state index contributed by atoms with van der Waals surface area (Å²) in [6.45, 7) is 1.75. The van der Waals surface area contributed by atoms with Gasteiger partial charge in [0.15, 0.2) is 9.84 Å². The maximum Gasteiger partial charge on any atom is 0.255 e. The van der Waals surface area contributed by atoms with Crippen molar-refractivity contribution in [1.82, 2.24) is 15.1 Å². The van der Waals surface area contributed by atoms with E-state index in [1.807, 2.05) is 30.3 Å². The molecule has 32 heavy (non-hydrogen) atoms. The van der Waals surface area contributed by atoms with Crippen LogP contribution >= 0.6 is 0 Å². The van der Waals surface area contributed by atoms with Crippen molar-refractivity contribution < 1.29 is 22.7 Å². The van der Waals surface area contributed by atoms with E-state index >= 15 is 0 Å². The van der Waals surface area contributed by atoms with Gasteiger partial charge in [0.05, 0.1) is 42.5 Å². The molecule has 168 valence electrons. The number of carbonyl (C=O) groups is 1. The number of sulfone groups is 1. The summed E-state index contributed by atoms with van der Waals surface area (Å²) in [5, 5.41) is 7.61. The molecule has 8 nitrogen and oxygen atoms in total. The van der Waals surface area contributed by atoms with Gasteiger partial charge >= 0.3 is 0 Å². The fourth-order valence-corrected chi connectivity index (χ4v) is 5.99. The van der Waals surface area contributed by atoms with Gasteiger partial charge in [-0.25, -0.2) is 13.1 Å². The van der Waals surface area contributed by atoms with E-state index in [1.54, 1.807) is 50.2 Å². The standard InChI is InChI=1S/C23H25N3O5S/c1-23(11-12-32(28,29)15-23)24-22(27)19-14-26(16-7-5-4-6-8-16)25-21(19)18-13-17(30-2)9-10-20(18)31-3/h4-10,13-14H,11-12,15H2,1-3H3,(H,24,27)/t23-/m0/s1. The first-order valence-electron chi connectivity index (χ1n) is 10.1. The molecular formula is C23H25N3O5S. The average Bonchev–Trinajstić information content (AvgIpc) is 3.34. The normalized spacial score (nSPS) is 19.5. The molecule has 0 aliphatic carbocycles. The summed E-state index contributed by atoms with van der Waals surface area (Å²) >= 11 is 0. The lowest BCUT2D eigenvalue weighted by molar-refractivity contribution is 0.0916. The highest BCUT2D eigenvalue weighted by Crippen LogP contribution is 2.35. The predicted octanol–water partition coefficient (Wildman–Crippen LogP) is 2.86.